The molecule has 1 aromatic rings. The molecule has 1 saturated heterocycles. The van der Waals surface area contributed by atoms with Crippen LogP contribution in [0.25, 0.3) is 0 Å². The summed E-state index contributed by atoms with van der Waals surface area (Å²) in [6, 6.07) is 6.60. The van der Waals surface area contributed by atoms with Crippen LogP contribution in [-0.2, 0) is 11.2 Å². The lowest BCUT2D eigenvalue weighted by Crippen LogP contribution is -2.59. The molecule has 0 spiro atoms. The average molecular weight is 408 g/mol. The fourth-order valence-corrected chi connectivity index (χ4v) is 5.14. The van der Waals surface area contributed by atoms with Crippen LogP contribution < -0.4 is 11.5 Å². The number of unbranched alkanes of at least 4 members (excludes halogenated alkanes) is 1. The van der Waals surface area contributed by atoms with Gasteiger partial charge in [0.25, 0.3) is 0 Å². The number of hydrogen-bond donors (Lipinski definition) is 4. The second-order valence-corrected chi connectivity index (χ2v) is 8.78. The van der Waals surface area contributed by atoms with Gasteiger partial charge >= 0.3 is 7.12 Å². The van der Waals surface area contributed by atoms with Crippen molar-refractivity contribution in [3.63, 3.8) is 0 Å². The lowest BCUT2D eigenvalue weighted by atomic mass is 9.73. The first-order valence-electron chi connectivity index (χ1n) is 10.3. The first-order chi connectivity index (χ1) is 13.3. The molecule has 1 aliphatic carbocycles. The molecule has 3 rings (SSSR count). The minimum absolute atomic E-state index is 0.0615. The zero-order valence-corrected chi connectivity index (χ0v) is 17.1. The van der Waals surface area contributed by atoms with Crippen molar-refractivity contribution in [1.82, 2.24) is 4.90 Å². The van der Waals surface area contributed by atoms with Crippen LogP contribution in [0.3, 0.4) is 0 Å². The molecule has 2 atom stereocenters. The Hall–Kier alpha value is -1.12. The number of piperidine rings is 1. The number of nitrogens with two attached hydrogens (primary N) is 2. The Morgan fingerprint density at radius 2 is 1.96 bits per heavy atom. The molecule has 0 bridgehead atoms. The largest absolute Gasteiger partial charge is 0.451 e. The van der Waals surface area contributed by atoms with Crippen LogP contribution in [0.5, 0.6) is 0 Å². The minimum atomic E-state index is -1.31. The number of carbonyl (C=O) groups is 1. The summed E-state index contributed by atoms with van der Waals surface area (Å²) >= 11 is 6.13. The molecule has 6 nitrogen and oxygen atoms in total. The van der Waals surface area contributed by atoms with E-state index >= 15 is 0 Å². The highest BCUT2D eigenvalue weighted by Crippen LogP contribution is 2.40. The summed E-state index contributed by atoms with van der Waals surface area (Å²) in [5.74, 6) is -0.386. The third-order valence-electron chi connectivity index (χ3n) is 6.61. The van der Waals surface area contributed by atoms with Gasteiger partial charge in [0.05, 0.1) is 5.54 Å². The van der Waals surface area contributed by atoms with Crippen molar-refractivity contribution < 1.29 is 14.8 Å². The Bertz CT molecular complexity index is 697. The third-order valence-corrected chi connectivity index (χ3v) is 6.85. The van der Waals surface area contributed by atoms with E-state index in [9.17, 15) is 4.79 Å². The zero-order chi connectivity index (χ0) is 20.3. The quantitative estimate of drug-likeness (QED) is 0.388. The summed E-state index contributed by atoms with van der Waals surface area (Å²) in [5.41, 5.74) is 13.9. The van der Waals surface area contributed by atoms with Crippen LogP contribution >= 0.6 is 11.6 Å². The molecular formula is C20H31BClN3O3. The minimum Gasteiger partial charge on any atom is -0.427 e. The van der Waals surface area contributed by atoms with Crippen LogP contribution in [0.1, 0.15) is 55.7 Å². The molecule has 1 aromatic carbocycles. The Labute approximate surface area is 172 Å². The molecular weight excluding hydrogens is 377 g/mol. The van der Waals surface area contributed by atoms with Gasteiger partial charge in [-0.1, -0.05) is 30.5 Å². The van der Waals surface area contributed by atoms with Crippen molar-refractivity contribution in [2.24, 2.45) is 17.4 Å². The van der Waals surface area contributed by atoms with Gasteiger partial charge in [-0.05, 0) is 80.7 Å². The molecule has 154 valence electrons. The van der Waals surface area contributed by atoms with Gasteiger partial charge in [0.15, 0.2) is 0 Å². The van der Waals surface area contributed by atoms with Gasteiger partial charge in [0, 0.05) is 11.1 Å². The molecule has 1 aliphatic heterocycles. The van der Waals surface area contributed by atoms with Crippen LogP contribution in [0.15, 0.2) is 18.2 Å². The number of hydrogen-bond acceptors (Lipinski definition) is 5. The van der Waals surface area contributed by atoms with E-state index in [0.717, 1.165) is 43.8 Å². The predicted molar refractivity (Wildman–Crippen MR) is 112 cm³/mol. The van der Waals surface area contributed by atoms with E-state index in [-0.39, 0.29) is 5.92 Å². The maximum Gasteiger partial charge on any atom is 0.451 e. The lowest BCUT2D eigenvalue weighted by Gasteiger charge is -2.42. The van der Waals surface area contributed by atoms with Crippen molar-refractivity contribution >= 4 is 24.6 Å². The van der Waals surface area contributed by atoms with Crippen LogP contribution in [0.2, 0.25) is 11.3 Å². The fourth-order valence-electron chi connectivity index (χ4n) is 4.94. The molecule has 0 radical (unpaired) electrons. The van der Waals surface area contributed by atoms with E-state index in [1.54, 1.807) is 0 Å². The first kappa shape index (κ1) is 21.6. The molecule has 2 unspecified atom stereocenters. The first-order valence-corrected chi connectivity index (χ1v) is 10.7. The van der Waals surface area contributed by atoms with Gasteiger partial charge < -0.3 is 21.5 Å². The summed E-state index contributed by atoms with van der Waals surface area (Å²) in [7, 11) is -1.31. The second kappa shape index (κ2) is 9.14. The normalized spacial score (nSPS) is 22.6. The predicted octanol–water partition coefficient (Wildman–Crippen LogP) is 1.87. The van der Waals surface area contributed by atoms with E-state index in [1.165, 1.54) is 11.1 Å². The Balaban J connectivity index is 1.58. The van der Waals surface area contributed by atoms with Crippen LogP contribution in [0.4, 0.5) is 0 Å². The monoisotopic (exact) mass is 407 g/mol. The number of benzene rings is 1. The van der Waals surface area contributed by atoms with Crippen molar-refractivity contribution in [3.8, 4) is 0 Å². The maximum atomic E-state index is 12.2. The van der Waals surface area contributed by atoms with E-state index < -0.39 is 18.6 Å². The fraction of sp³-hybridized carbons (Fsp3) is 0.650. The van der Waals surface area contributed by atoms with Crippen molar-refractivity contribution in [2.45, 2.75) is 62.8 Å². The summed E-state index contributed by atoms with van der Waals surface area (Å²) in [4.78, 5) is 14.7. The average Bonchev–Trinajstić information content (AvgIpc) is 3.07. The Morgan fingerprint density at radius 1 is 1.25 bits per heavy atom. The van der Waals surface area contributed by atoms with Crippen LogP contribution in [0, 0.1) is 5.92 Å². The number of aryl methyl sites for hydroxylation is 1. The number of fused-ring (bicyclic) bond motifs is 1. The second-order valence-electron chi connectivity index (χ2n) is 8.34. The highest BCUT2D eigenvalue weighted by atomic mass is 35.5. The van der Waals surface area contributed by atoms with Gasteiger partial charge in [-0.2, -0.15) is 0 Å². The molecule has 28 heavy (non-hydrogen) atoms. The van der Waals surface area contributed by atoms with E-state index in [2.05, 4.69) is 17.0 Å². The summed E-state index contributed by atoms with van der Waals surface area (Å²) in [5, 5.41) is 18.7. The summed E-state index contributed by atoms with van der Waals surface area (Å²) in [6.07, 6.45) is 5.91. The van der Waals surface area contributed by atoms with Gasteiger partial charge in [-0.3, -0.25) is 9.69 Å². The number of rotatable bonds is 8. The van der Waals surface area contributed by atoms with Gasteiger partial charge in [0.2, 0.25) is 5.91 Å². The molecule has 1 fully saturated rings. The summed E-state index contributed by atoms with van der Waals surface area (Å²) in [6.45, 7) is 1.80. The molecule has 8 heteroatoms. The highest BCUT2D eigenvalue weighted by molar-refractivity contribution is 6.40. The number of nitrogens with zero attached hydrogens (tertiary/aromatic N) is 1. The van der Waals surface area contributed by atoms with Crippen LogP contribution in [-0.4, -0.2) is 46.6 Å². The SMILES string of the molecule is NC(=O)C(N)(CCCCB(O)O)C1CCN(C2CCc3cc(Cl)ccc32)CC1. The molecule has 1 heterocycles. The topological polar surface area (TPSA) is 113 Å². The number of primary amides is 1. The molecule has 1 amide bonds. The zero-order valence-electron chi connectivity index (χ0n) is 16.3. The smallest absolute Gasteiger partial charge is 0.427 e. The number of likely N-dealkylation sites (tertiary alicyclic amines) is 1. The Morgan fingerprint density at radius 3 is 2.61 bits per heavy atom. The van der Waals surface area contributed by atoms with Crippen molar-refractivity contribution in [2.75, 3.05) is 13.1 Å². The van der Waals surface area contributed by atoms with Crippen molar-refractivity contribution in [3.05, 3.63) is 34.3 Å². The van der Waals surface area contributed by atoms with E-state index in [1.807, 2.05) is 6.07 Å². The number of halogens is 1. The third kappa shape index (κ3) is 4.71. The number of amides is 1. The van der Waals surface area contributed by atoms with E-state index in [4.69, 9.17) is 33.1 Å². The maximum absolute atomic E-state index is 12.2. The van der Waals surface area contributed by atoms with E-state index in [0.29, 0.717) is 31.6 Å². The lowest BCUT2D eigenvalue weighted by molar-refractivity contribution is -0.126. The molecule has 6 N–H and O–H groups in total. The standard InChI is InChI=1S/C20H31BClN3O3/c22-16-4-5-17-14(13-16)3-6-18(17)25-11-7-15(8-12-25)20(24,19(23)26)9-1-2-10-21(27)28/h4-5,13,15,18,27-28H,1-3,6-12,24H2,(H2,23,26). The summed E-state index contributed by atoms with van der Waals surface area (Å²) < 4.78 is 0. The van der Waals surface area contributed by atoms with Gasteiger partial charge in [-0.25, -0.2) is 0 Å². The highest BCUT2D eigenvalue weighted by Gasteiger charge is 2.42. The molecule has 2 aliphatic rings. The van der Waals surface area contributed by atoms with Gasteiger partial charge in [0.1, 0.15) is 0 Å². The van der Waals surface area contributed by atoms with Gasteiger partial charge in [-0.15, -0.1) is 0 Å². The van der Waals surface area contributed by atoms with Crippen molar-refractivity contribution in [1.29, 1.82) is 0 Å². The Kier molecular flexibility index (Phi) is 7.05. The molecule has 0 saturated carbocycles. The number of carbonyl (C=O) groups excluding carboxylic acids is 1. The molecule has 0 aromatic heterocycles.